The van der Waals surface area contributed by atoms with Gasteiger partial charge in [0.2, 0.25) is 0 Å². The molecule has 8 nitrogen and oxygen atoms in total. The van der Waals surface area contributed by atoms with E-state index in [0.717, 1.165) is 33.6 Å². The Balaban J connectivity index is 1.90. The second kappa shape index (κ2) is 5.63. The third kappa shape index (κ3) is 2.41. The van der Waals surface area contributed by atoms with Gasteiger partial charge in [0, 0.05) is 22.9 Å². The lowest BCUT2D eigenvalue weighted by atomic mass is 9.97. The molecule has 0 radical (unpaired) electrons. The number of rotatable bonds is 2. The van der Waals surface area contributed by atoms with Crippen molar-refractivity contribution < 1.29 is 0 Å². The van der Waals surface area contributed by atoms with Crippen LogP contribution in [0.3, 0.4) is 0 Å². The second-order valence-electron chi connectivity index (χ2n) is 6.50. The van der Waals surface area contributed by atoms with Crippen LogP contribution in [0.25, 0.3) is 20.9 Å². The zero-order valence-electron chi connectivity index (χ0n) is 14.0. The molecule has 2 aromatic carbocycles. The number of anilines is 2. The third-order valence-electron chi connectivity index (χ3n) is 4.63. The minimum atomic E-state index is 0.670. The van der Waals surface area contributed by atoms with Gasteiger partial charge in [-0.2, -0.15) is 0 Å². The maximum absolute atomic E-state index is 8.91. The molecular weight excluding hydrogens is 316 g/mol. The second-order valence-corrected chi connectivity index (χ2v) is 6.50. The van der Waals surface area contributed by atoms with E-state index in [9.17, 15) is 0 Å². The molecule has 0 fully saturated rings. The van der Waals surface area contributed by atoms with Crippen LogP contribution in [0.2, 0.25) is 0 Å². The molecule has 4 rings (SSSR count). The van der Waals surface area contributed by atoms with Gasteiger partial charge in [-0.3, -0.25) is 0 Å². The number of azide groups is 2. The number of fused-ring (bicyclic) bond motifs is 6. The first-order valence-electron chi connectivity index (χ1n) is 7.98. The van der Waals surface area contributed by atoms with Gasteiger partial charge in [-0.25, -0.2) is 0 Å². The van der Waals surface area contributed by atoms with E-state index in [-0.39, 0.29) is 0 Å². The first-order chi connectivity index (χ1) is 12.1. The summed E-state index contributed by atoms with van der Waals surface area (Å²) < 4.78 is 0. The van der Waals surface area contributed by atoms with Crippen LogP contribution < -0.4 is 9.80 Å². The normalized spacial score (nSPS) is 14.2. The van der Waals surface area contributed by atoms with Crippen LogP contribution in [0.1, 0.15) is 22.3 Å². The molecular formula is C17H16N8. The summed E-state index contributed by atoms with van der Waals surface area (Å²) in [5.74, 6) is 0. The molecule has 8 heteroatoms. The van der Waals surface area contributed by atoms with Gasteiger partial charge in [0.15, 0.2) is 0 Å². The van der Waals surface area contributed by atoms with Crippen LogP contribution in [0.15, 0.2) is 34.5 Å². The third-order valence-corrected chi connectivity index (χ3v) is 4.63. The van der Waals surface area contributed by atoms with Gasteiger partial charge in [0.1, 0.15) is 0 Å². The van der Waals surface area contributed by atoms with Gasteiger partial charge in [-0.1, -0.05) is 33.5 Å². The van der Waals surface area contributed by atoms with Gasteiger partial charge >= 0.3 is 0 Å². The monoisotopic (exact) mass is 332 g/mol. The Morgan fingerprint density at radius 1 is 0.800 bits per heavy atom. The minimum absolute atomic E-state index is 0.670. The van der Waals surface area contributed by atoms with Crippen molar-refractivity contribution in [1.29, 1.82) is 0 Å². The zero-order valence-corrected chi connectivity index (χ0v) is 14.0. The molecule has 2 aliphatic rings. The van der Waals surface area contributed by atoms with Crippen molar-refractivity contribution in [2.45, 2.75) is 26.9 Å². The average Bonchev–Trinajstić information content (AvgIpc) is 2.54. The van der Waals surface area contributed by atoms with E-state index < -0.39 is 0 Å². The summed E-state index contributed by atoms with van der Waals surface area (Å²) in [7, 11) is 0. The van der Waals surface area contributed by atoms with Crippen LogP contribution >= 0.6 is 0 Å². The van der Waals surface area contributed by atoms with Crippen molar-refractivity contribution in [3.8, 4) is 0 Å². The lowest BCUT2D eigenvalue weighted by Gasteiger charge is -2.46. The first kappa shape index (κ1) is 15.2. The molecule has 25 heavy (non-hydrogen) atoms. The summed E-state index contributed by atoms with van der Waals surface area (Å²) in [4.78, 5) is 10.4. The maximum atomic E-state index is 8.91. The van der Waals surface area contributed by atoms with Crippen molar-refractivity contribution in [1.82, 2.24) is 0 Å². The van der Waals surface area contributed by atoms with Crippen LogP contribution in [0, 0.1) is 13.8 Å². The number of benzene rings is 2. The van der Waals surface area contributed by atoms with E-state index in [4.69, 9.17) is 11.1 Å². The number of hydrogen-bond acceptors (Lipinski definition) is 4. The van der Waals surface area contributed by atoms with Gasteiger partial charge in [0.05, 0.1) is 29.4 Å². The van der Waals surface area contributed by atoms with Crippen LogP contribution in [-0.2, 0) is 13.1 Å². The van der Waals surface area contributed by atoms with E-state index in [1.165, 1.54) is 0 Å². The van der Waals surface area contributed by atoms with E-state index in [1.807, 2.05) is 26.0 Å². The summed E-state index contributed by atoms with van der Waals surface area (Å²) >= 11 is 0. The Bertz CT molecular complexity index is 903. The Morgan fingerprint density at radius 3 is 1.64 bits per heavy atom. The molecule has 2 heterocycles. The predicted octanol–water partition coefficient (Wildman–Crippen LogP) is 5.48. The van der Waals surface area contributed by atoms with E-state index in [2.05, 4.69) is 42.0 Å². The SMILES string of the molecule is Cc1cc2c(c(N=[N+]=[N-])c1)N1Cc3cc(C)cc(N=[N+]=[N-])c3N(C2)C1. The first-order valence-corrected chi connectivity index (χ1v) is 7.98. The van der Waals surface area contributed by atoms with Crippen molar-refractivity contribution >= 4 is 22.7 Å². The maximum Gasteiger partial charge on any atom is 0.0910 e. The highest BCUT2D eigenvalue weighted by atomic mass is 15.4. The fourth-order valence-electron chi connectivity index (χ4n) is 3.90. The Hall–Kier alpha value is -3.34. The van der Waals surface area contributed by atoms with Crippen molar-refractivity contribution in [2.24, 2.45) is 10.2 Å². The highest BCUT2D eigenvalue weighted by Gasteiger charge is 2.32. The quantitative estimate of drug-likeness (QED) is 0.412. The molecule has 0 atom stereocenters. The fraction of sp³-hybridized carbons (Fsp3) is 0.294. The summed E-state index contributed by atoms with van der Waals surface area (Å²) in [5, 5.41) is 7.80. The molecule has 0 unspecified atom stereocenters. The molecule has 0 N–H and O–H groups in total. The molecule has 2 aromatic rings. The topological polar surface area (TPSA) is 104 Å². The molecule has 0 spiro atoms. The van der Waals surface area contributed by atoms with Crippen LogP contribution in [0.5, 0.6) is 0 Å². The highest BCUT2D eigenvalue weighted by Crippen LogP contribution is 2.46. The predicted molar refractivity (Wildman–Crippen MR) is 97.2 cm³/mol. The lowest BCUT2D eigenvalue weighted by molar-refractivity contribution is 0.651. The molecule has 2 aliphatic heterocycles. The van der Waals surface area contributed by atoms with Crippen molar-refractivity contribution in [2.75, 3.05) is 16.5 Å². The largest absolute Gasteiger partial charge is 0.349 e. The molecule has 0 amide bonds. The lowest BCUT2D eigenvalue weighted by Crippen LogP contribution is -2.46. The molecule has 2 bridgehead atoms. The zero-order chi connectivity index (χ0) is 17.6. The molecule has 0 saturated carbocycles. The van der Waals surface area contributed by atoms with Crippen LogP contribution in [-0.4, -0.2) is 6.67 Å². The Kier molecular flexibility index (Phi) is 3.42. The number of aryl methyl sites for hydroxylation is 2. The van der Waals surface area contributed by atoms with E-state index >= 15 is 0 Å². The summed E-state index contributed by atoms with van der Waals surface area (Å²) in [6.07, 6.45) is 0. The Morgan fingerprint density at radius 2 is 1.24 bits per heavy atom. The van der Waals surface area contributed by atoms with Gasteiger partial charge in [0.25, 0.3) is 0 Å². The molecule has 0 aliphatic carbocycles. The average molecular weight is 332 g/mol. The molecule has 0 aromatic heterocycles. The molecule has 0 saturated heterocycles. The summed E-state index contributed by atoms with van der Waals surface area (Å²) in [6, 6.07) is 8.09. The minimum Gasteiger partial charge on any atom is -0.349 e. The number of hydrogen-bond donors (Lipinski definition) is 0. The van der Waals surface area contributed by atoms with Gasteiger partial charge in [-0.05, 0) is 48.2 Å². The van der Waals surface area contributed by atoms with Crippen LogP contribution in [0.4, 0.5) is 22.7 Å². The number of nitrogens with zero attached hydrogens (tertiary/aromatic N) is 8. The highest BCUT2D eigenvalue weighted by molar-refractivity contribution is 5.81. The summed E-state index contributed by atoms with van der Waals surface area (Å²) in [6.45, 7) is 6.04. The Labute approximate surface area is 144 Å². The summed E-state index contributed by atoms with van der Waals surface area (Å²) in [5.41, 5.74) is 25.5. The van der Waals surface area contributed by atoms with Crippen molar-refractivity contribution in [3.05, 3.63) is 67.4 Å². The fourth-order valence-corrected chi connectivity index (χ4v) is 3.90. The standard InChI is InChI=1S/C17H16N8/c1-10-3-12-7-24-9-25(16(12)14(5-10)20-22-18)8-13-4-11(2)6-15(17(13)24)21-23-19/h3-6H,7-9H2,1-2H3. The van der Waals surface area contributed by atoms with Gasteiger partial charge in [-0.15, -0.1) is 0 Å². The van der Waals surface area contributed by atoms with E-state index in [1.54, 1.807) is 0 Å². The molecule has 124 valence electrons. The van der Waals surface area contributed by atoms with E-state index in [0.29, 0.717) is 31.1 Å². The van der Waals surface area contributed by atoms with Crippen molar-refractivity contribution in [3.63, 3.8) is 0 Å². The smallest absolute Gasteiger partial charge is 0.0910 e. The van der Waals surface area contributed by atoms with Gasteiger partial charge < -0.3 is 9.80 Å².